The van der Waals surface area contributed by atoms with Crippen LogP contribution < -0.4 is 20.7 Å². The van der Waals surface area contributed by atoms with Gasteiger partial charge in [-0.25, -0.2) is 4.79 Å². The van der Waals surface area contributed by atoms with Crippen LogP contribution in [-0.2, 0) is 6.42 Å². The summed E-state index contributed by atoms with van der Waals surface area (Å²) >= 11 is 0. The lowest BCUT2D eigenvalue weighted by Crippen LogP contribution is -2.40. The Morgan fingerprint density at radius 1 is 0.963 bits per heavy atom. The second-order valence-corrected chi connectivity index (χ2v) is 7.26. The molecule has 2 aromatic rings. The smallest absolute Gasteiger partial charge is 0.319 e. The van der Waals surface area contributed by atoms with E-state index in [-0.39, 0.29) is 17.5 Å². The highest BCUT2D eigenvalue weighted by molar-refractivity contribution is 5.95. The minimum atomic E-state index is -0.294. The van der Waals surface area contributed by atoms with Gasteiger partial charge in [-0.2, -0.15) is 0 Å². The standard InChI is InChI=1S/C21H27N3O3/c1-21(2,3)24-19(25)16-7-9-17(10-8-16)23-20(26)22-14-13-15-5-11-18(27-4)12-6-15/h5-12H,13-14H2,1-4H3,(H,24,25)(H2,22,23,26). The number of hydrogen-bond acceptors (Lipinski definition) is 3. The van der Waals surface area contributed by atoms with Gasteiger partial charge in [0.05, 0.1) is 7.11 Å². The van der Waals surface area contributed by atoms with E-state index in [9.17, 15) is 9.59 Å². The van der Waals surface area contributed by atoms with E-state index in [0.29, 0.717) is 17.8 Å². The summed E-state index contributed by atoms with van der Waals surface area (Å²) in [6.07, 6.45) is 0.726. The maximum atomic E-state index is 12.1. The van der Waals surface area contributed by atoms with Gasteiger partial charge < -0.3 is 20.7 Å². The van der Waals surface area contributed by atoms with Gasteiger partial charge in [0, 0.05) is 23.3 Å². The van der Waals surface area contributed by atoms with Gasteiger partial charge in [-0.3, -0.25) is 4.79 Å². The number of carbonyl (C=O) groups is 2. The van der Waals surface area contributed by atoms with E-state index < -0.39 is 0 Å². The molecule has 0 atom stereocenters. The predicted molar refractivity (Wildman–Crippen MR) is 107 cm³/mol. The summed E-state index contributed by atoms with van der Waals surface area (Å²) in [5.74, 6) is 0.669. The van der Waals surface area contributed by atoms with Gasteiger partial charge in [0.2, 0.25) is 0 Å². The van der Waals surface area contributed by atoms with Crippen LogP contribution in [0.5, 0.6) is 5.75 Å². The first kappa shape index (κ1) is 20.3. The van der Waals surface area contributed by atoms with Crippen LogP contribution in [0.15, 0.2) is 48.5 Å². The topological polar surface area (TPSA) is 79.5 Å². The highest BCUT2D eigenvalue weighted by atomic mass is 16.5. The first-order chi connectivity index (χ1) is 12.8. The van der Waals surface area contributed by atoms with E-state index in [4.69, 9.17) is 4.74 Å². The number of hydrogen-bond donors (Lipinski definition) is 3. The SMILES string of the molecule is COc1ccc(CCNC(=O)Nc2ccc(C(=O)NC(C)(C)C)cc2)cc1. The fourth-order valence-corrected chi connectivity index (χ4v) is 2.41. The summed E-state index contributed by atoms with van der Waals surface area (Å²) in [5.41, 5.74) is 2.00. The maximum Gasteiger partial charge on any atom is 0.319 e. The van der Waals surface area contributed by atoms with Gasteiger partial charge >= 0.3 is 6.03 Å². The van der Waals surface area contributed by atoms with Crippen molar-refractivity contribution >= 4 is 17.6 Å². The number of methoxy groups -OCH3 is 1. The van der Waals surface area contributed by atoms with E-state index in [1.54, 1.807) is 31.4 Å². The molecule has 2 aromatic carbocycles. The second-order valence-electron chi connectivity index (χ2n) is 7.26. The Morgan fingerprint density at radius 2 is 1.59 bits per heavy atom. The molecule has 0 bridgehead atoms. The van der Waals surface area contributed by atoms with E-state index >= 15 is 0 Å². The zero-order valence-electron chi connectivity index (χ0n) is 16.3. The molecular weight excluding hydrogens is 342 g/mol. The summed E-state index contributed by atoms with van der Waals surface area (Å²) in [5, 5.41) is 8.47. The largest absolute Gasteiger partial charge is 0.497 e. The molecule has 0 aliphatic rings. The first-order valence-corrected chi connectivity index (χ1v) is 8.87. The highest BCUT2D eigenvalue weighted by Gasteiger charge is 2.15. The van der Waals surface area contributed by atoms with Gasteiger partial charge in [0.15, 0.2) is 0 Å². The molecule has 0 heterocycles. The third kappa shape index (κ3) is 7.01. The van der Waals surface area contributed by atoms with E-state index in [0.717, 1.165) is 17.7 Å². The number of carbonyl (C=O) groups excluding carboxylic acids is 2. The van der Waals surface area contributed by atoms with Crippen molar-refractivity contribution in [2.45, 2.75) is 32.7 Å². The molecule has 0 fully saturated rings. The Labute approximate surface area is 160 Å². The second kappa shape index (κ2) is 9.07. The predicted octanol–water partition coefficient (Wildman–Crippen LogP) is 3.59. The van der Waals surface area contributed by atoms with E-state index in [2.05, 4.69) is 16.0 Å². The van der Waals surface area contributed by atoms with Crippen LogP contribution in [0, 0.1) is 0 Å². The molecule has 2 rings (SSSR count). The minimum Gasteiger partial charge on any atom is -0.497 e. The van der Waals surface area contributed by atoms with Gasteiger partial charge in [0.1, 0.15) is 5.75 Å². The molecule has 0 aromatic heterocycles. The van der Waals surface area contributed by atoms with Crippen LogP contribution in [0.25, 0.3) is 0 Å². The summed E-state index contributed by atoms with van der Waals surface area (Å²) in [4.78, 5) is 24.1. The molecule has 3 amide bonds. The number of benzene rings is 2. The van der Waals surface area contributed by atoms with Crippen LogP contribution in [-0.4, -0.2) is 31.1 Å². The lowest BCUT2D eigenvalue weighted by Gasteiger charge is -2.20. The Bertz CT molecular complexity index is 763. The van der Waals surface area contributed by atoms with Crippen LogP contribution in [0.3, 0.4) is 0 Å². The lowest BCUT2D eigenvalue weighted by atomic mass is 10.1. The zero-order valence-corrected chi connectivity index (χ0v) is 16.3. The van der Waals surface area contributed by atoms with Crippen molar-refractivity contribution in [3.05, 3.63) is 59.7 Å². The molecule has 0 unspecified atom stereocenters. The number of anilines is 1. The van der Waals surface area contributed by atoms with Crippen molar-refractivity contribution < 1.29 is 14.3 Å². The molecule has 0 spiro atoms. The number of amides is 3. The monoisotopic (exact) mass is 369 g/mol. The lowest BCUT2D eigenvalue weighted by molar-refractivity contribution is 0.0919. The van der Waals surface area contributed by atoms with Crippen molar-refractivity contribution in [3.63, 3.8) is 0 Å². The molecule has 6 heteroatoms. The molecule has 6 nitrogen and oxygen atoms in total. The molecule has 144 valence electrons. The molecule has 27 heavy (non-hydrogen) atoms. The van der Waals surface area contributed by atoms with Crippen molar-refractivity contribution in [1.82, 2.24) is 10.6 Å². The van der Waals surface area contributed by atoms with Crippen LogP contribution in [0.1, 0.15) is 36.7 Å². The number of ether oxygens (including phenoxy) is 1. The van der Waals surface area contributed by atoms with Crippen molar-refractivity contribution in [2.24, 2.45) is 0 Å². The Kier molecular flexibility index (Phi) is 6.82. The van der Waals surface area contributed by atoms with Crippen LogP contribution >= 0.6 is 0 Å². The van der Waals surface area contributed by atoms with Crippen LogP contribution in [0.4, 0.5) is 10.5 Å². The fraction of sp³-hybridized carbons (Fsp3) is 0.333. The molecule has 0 aliphatic heterocycles. The molecule has 0 radical (unpaired) electrons. The normalized spacial score (nSPS) is 10.8. The number of urea groups is 1. The quantitative estimate of drug-likeness (QED) is 0.728. The first-order valence-electron chi connectivity index (χ1n) is 8.87. The molecule has 0 saturated heterocycles. The highest BCUT2D eigenvalue weighted by Crippen LogP contribution is 2.12. The van der Waals surface area contributed by atoms with Crippen LogP contribution in [0.2, 0.25) is 0 Å². The minimum absolute atomic E-state index is 0.141. The average Bonchev–Trinajstić information content (AvgIpc) is 2.61. The Hall–Kier alpha value is -3.02. The third-order valence-corrected chi connectivity index (χ3v) is 3.75. The van der Waals surface area contributed by atoms with Gasteiger partial charge in [-0.15, -0.1) is 0 Å². The number of nitrogens with one attached hydrogen (secondary N) is 3. The molecular formula is C21H27N3O3. The third-order valence-electron chi connectivity index (χ3n) is 3.75. The van der Waals surface area contributed by atoms with Gasteiger partial charge in [0.25, 0.3) is 5.91 Å². The Balaban J connectivity index is 1.78. The van der Waals surface area contributed by atoms with Crippen molar-refractivity contribution in [1.29, 1.82) is 0 Å². The summed E-state index contributed by atoms with van der Waals surface area (Å²) in [7, 11) is 1.63. The fourth-order valence-electron chi connectivity index (χ4n) is 2.41. The molecule has 3 N–H and O–H groups in total. The van der Waals surface area contributed by atoms with Crippen molar-refractivity contribution in [3.8, 4) is 5.75 Å². The zero-order chi connectivity index (χ0) is 19.9. The van der Waals surface area contributed by atoms with Gasteiger partial charge in [-0.1, -0.05) is 12.1 Å². The Morgan fingerprint density at radius 3 is 2.15 bits per heavy atom. The average molecular weight is 369 g/mol. The number of rotatable bonds is 6. The molecule has 0 aliphatic carbocycles. The molecule has 0 saturated carbocycles. The summed E-state index contributed by atoms with van der Waals surface area (Å²) in [6.45, 7) is 6.30. The van der Waals surface area contributed by atoms with Crippen molar-refractivity contribution in [2.75, 3.05) is 19.0 Å². The summed E-state index contributed by atoms with van der Waals surface area (Å²) in [6, 6.07) is 14.2. The van der Waals surface area contributed by atoms with Gasteiger partial charge in [-0.05, 0) is 69.2 Å². The van der Waals surface area contributed by atoms with E-state index in [1.807, 2.05) is 45.0 Å². The maximum absolute atomic E-state index is 12.1. The summed E-state index contributed by atoms with van der Waals surface area (Å²) < 4.78 is 5.12. The van der Waals surface area contributed by atoms with E-state index in [1.165, 1.54) is 0 Å².